The molecule has 3 aromatic rings. The van der Waals surface area contributed by atoms with Crippen molar-refractivity contribution in [3.05, 3.63) is 65.7 Å². The Labute approximate surface area is 171 Å². The first-order valence-electron chi connectivity index (χ1n) is 8.62. The van der Waals surface area contributed by atoms with Gasteiger partial charge in [0.2, 0.25) is 0 Å². The number of carbonyl (C=O) groups excluding carboxylic acids is 2. The lowest BCUT2D eigenvalue weighted by atomic mass is 10.1. The molecule has 0 unspecified atom stereocenters. The third-order valence-corrected chi connectivity index (χ3v) is 6.50. The van der Waals surface area contributed by atoms with Crippen molar-refractivity contribution in [1.29, 1.82) is 0 Å². The molecule has 0 fully saturated rings. The van der Waals surface area contributed by atoms with E-state index >= 15 is 0 Å². The molecule has 0 saturated carbocycles. The van der Waals surface area contributed by atoms with Gasteiger partial charge < -0.3 is 10.1 Å². The number of esters is 1. The largest absolute Gasteiger partial charge is 0.454 e. The normalized spacial score (nSPS) is 14.0. The molecule has 0 radical (unpaired) electrons. The van der Waals surface area contributed by atoms with Gasteiger partial charge in [-0.3, -0.25) is 13.9 Å². The fourth-order valence-corrected chi connectivity index (χ4v) is 4.95. The van der Waals surface area contributed by atoms with Crippen molar-refractivity contribution >= 4 is 55.6 Å². The lowest BCUT2D eigenvalue weighted by Crippen LogP contribution is -2.34. The molecule has 1 amide bonds. The molecular formula is C20H15ClN2O5S. The van der Waals surface area contributed by atoms with Gasteiger partial charge in [0, 0.05) is 16.1 Å². The van der Waals surface area contributed by atoms with Crippen LogP contribution in [0.5, 0.6) is 0 Å². The highest BCUT2D eigenvalue weighted by atomic mass is 35.5. The molecular weight excluding hydrogens is 416 g/mol. The van der Waals surface area contributed by atoms with Gasteiger partial charge in [-0.15, -0.1) is 0 Å². The zero-order valence-electron chi connectivity index (χ0n) is 15.0. The van der Waals surface area contributed by atoms with Crippen molar-refractivity contribution in [2.24, 2.45) is 0 Å². The van der Waals surface area contributed by atoms with E-state index in [0.717, 1.165) is 9.69 Å². The number of nitrogens with one attached hydrogen (secondary N) is 1. The van der Waals surface area contributed by atoms with Crippen molar-refractivity contribution in [1.82, 2.24) is 0 Å². The Morgan fingerprint density at radius 1 is 1.00 bits per heavy atom. The van der Waals surface area contributed by atoms with E-state index in [1.54, 1.807) is 54.6 Å². The highest BCUT2D eigenvalue weighted by molar-refractivity contribution is 7.93. The minimum atomic E-state index is -3.87. The number of sulfonamides is 1. The maximum absolute atomic E-state index is 12.8. The number of carbonyl (C=O) groups is 2. The van der Waals surface area contributed by atoms with Crippen LogP contribution in [0.2, 0.25) is 5.02 Å². The summed E-state index contributed by atoms with van der Waals surface area (Å²) in [4.78, 5) is 24.3. The quantitative estimate of drug-likeness (QED) is 0.627. The highest BCUT2D eigenvalue weighted by Crippen LogP contribution is 2.41. The summed E-state index contributed by atoms with van der Waals surface area (Å²) in [6.45, 7) is -1.06. The maximum Gasteiger partial charge on any atom is 0.327 e. The van der Waals surface area contributed by atoms with Crippen LogP contribution in [0.15, 0.2) is 65.6 Å². The molecule has 1 aliphatic rings. The highest BCUT2D eigenvalue weighted by Gasteiger charge is 2.37. The van der Waals surface area contributed by atoms with Gasteiger partial charge in [0.1, 0.15) is 6.54 Å². The summed E-state index contributed by atoms with van der Waals surface area (Å²) in [5, 5.41) is 4.42. The summed E-state index contributed by atoms with van der Waals surface area (Å²) in [6, 6.07) is 16.6. The van der Waals surface area contributed by atoms with Crippen LogP contribution < -0.4 is 9.62 Å². The third kappa shape index (κ3) is 3.64. The number of rotatable bonds is 5. The molecule has 0 aliphatic carbocycles. The van der Waals surface area contributed by atoms with Gasteiger partial charge in [-0.05, 0) is 41.8 Å². The number of hydrogen-bond acceptors (Lipinski definition) is 5. The molecule has 0 bridgehead atoms. The van der Waals surface area contributed by atoms with Crippen molar-refractivity contribution in [2.45, 2.75) is 4.90 Å². The second kappa shape index (κ2) is 7.38. The molecule has 1 aliphatic heterocycles. The summed E-state index contributed by atoms with van der Waals surface area (Å²) in [5.41, 5.74) is 0.917. The number of halogens is 1. The standard InChI is InChI=1S/C20H15ClN2O5S/c21-14-7-9-15(10-8-14)22-18(24)12-28-19(25)11-23-16-5-1-3-13-4-2-6-17(20(13)16)29(23,26)27/h1-10H,11-12H2,(H,22,24). The number of anilines is 2. The van der Waals surface area contributed by atoms with E-state index < -0.39 is 35.1 Å². The Balaban J connectivity index is 1.43. The lowest BCUT2D eigenvalue weighted by molar-refractivity contribution is -0.145. The van der Waals surface area contributed by atoms with Crippen LogP contribution in [-0.4, -0.2) is 33.4 Å². The first-order chi connectivity index (χ1) is 13.9. The minimum absolute atomic E-state index is 0.152. The third-order valence-electron chi connectivity index (χ3n) is 4.45. The Kier molecular flexibility index (Phi) is 4.89. The van der Waals surface area contributed by atoms with Crippen molar-refractivity contribution < 1.29 is 22.7 Å². The number of nitrogens with zero attached hydrogens (tertiary/aromatic N) is 1. The topological polar surface area (TPSA) is 92.8 Å². The van der Waals surface area contributed by atoms with E-state index in [2.05, 4.69) is 5.32 Å². The summed E-state index contributed by atoms with van der Waals surface area (Å²) < 4.78 is 31.6. The van der Waals surface area contributed by atoms with Crippen LogP contribution in [0.3, 0.4) is 0 Å². The number of benzene rings is 3. The van der Waals surface area contributed by atoms with Gasteiger partial charge in [-0.25, -0.2) is 8.42 Å². The van der Waals surface area contributed by atoms with Gasteiger partial charge >= 0.3 is 5.97 Å². The minimum Gasteiger partial charge on any atom is -0.454 e. The molecule has 1 N–H and O–H groups in total. The van der Waals surface area contributed by atoms with Gasteiger partial charge in [-0.1, -0.05) is 35.9 Å². The first kappa shape index (κ1) is 19.2. The van der Waals surface area contributed by atoms with Crippen LogP contribution in [-0.2, 0) is 24.3 Å². The van der Waals surface area contributed by atoms with Gasteiger partial charge in [-0.2, -0.15) is 0 Å². The predicted octanol–water partition coefficient (Wildman–Crippen LogP) is 3.18. The Hall–Kier alpha value is -3.10. The SMILES string of the molecule is O=C(COC(=O)CN1c2cccc3cccc(c23)S1(=O)=O)Nc1ccc(Cl)cc1. The first-order valence-corrected chi connectivity index (χ1v) is 10.4. The summed E-state index contributed by atoms with van der Waals surface area (Å²) in [6.07, 6.45) is 0. The van der Waals surface area contributed by atoms with Gasteiger partial charge in [0.25, 0.3) is 15.9 Å². The number of amides is 1. The molecule has 1 heterocycles. The Bertz CT molecular complexity index is 1220. The second-order valence-corrected chi connectivity index (χ2v) is 8.63. The molecule has 0 atom stereocenters. The molecule has 9 heteroatoms. The average molecular weight is 431 g/mol. The molecule has 29 heavy (non-hydrogen) atoms. The van der Waals surface area contributed by atoms with E-state index in [9.17, 15) is 18.0 Å². The van der Waals surface area contributed by atoms with E-state index in [-0.39, 0.29) is 4.90 Å². The van der Waals surface area contributed by atoms with Crippen LogP contribution >= 0.6 is 11.6 Å². The van der Waals surface area contributed by atoms with E-state index in [1.165, 1.54) is 6.07 Å². The number of ether oxygens (including phenoxy) is 1. The zero-order chi connectivity index (χ0) is 20.6. The summed E-state index contributed by atoms with van der Waals surface area (Å²) in [5.74, 6) is -1.38. The van der Waals surface area contributed by atoms with Crippen LogP contribution in [0.1, 0.15) is 0 Å². The maximum atomic E-state index is 12.8. The molecule has 148 valence electrons. The van der Waals surface area contributed by atoms with Crippen molar-refractivity contribution in [2.75, 3.05) is 22.8 Å². The average Bonchev–Trinajstić information content (AvgIpc) is 2.92. The summed E-state index contributed by atoms with van der Waals surface area (Å²) in [7, 11) is -3.87. The second-order valence-electron chi connectivity index (χ2n) is 6.36. The van der Waals surface area contributed by atoms with Gasteiger partial charge in [0.05, 0.1) is 10.6 Å². The Morgan fingerprint density at radius 3 is 2.41 bits per heavy atom. The van der Waals surface area contributed by atoms with E-state index in [1.807, 2.05) is 0 Å². The molecule has 0 spiro atoms. The van der Waals surface area contributed by atoms with E-state index in [0.29, 0.717) is 21.8 Å². The van der Waals surface area contributed by atoms with E-state index in [4.69, 9.17) is 16.3 Å². The Morgan fingerprint density at radius 2 is 1.69 bits per heavy atom. The molecule has 0 aromatic heterocycles. The zero-order valence-corrected chi connectivity index (χ0v) is 16.5. The monoisotopic (exact) mass is 430 g/mol. The van der Waals surface area contributed by atoms with Crippen molar-refractivity contribution in [3.63, 3.8) is 0 Å². The fourth-order valence-electron chi connectivity index (χ4n) is 3.17. The van der Waals surface area contributed by atoms with Gasteiger partial charge in [0.15, 0.2) is 6.61 Å². The van der Waals surface area contributed by atoms with Crippen LogP contribution in [0.25, 0.3) is 10.8 Å². The van der Waals surface area contributed by atoms with Crippen LogP contribution in [0, 0.1) is 0 Å². The van der Waals surface area contributed by atoms with Crippen LogP contribution in [0.4, 0.5) is 11.4 Å². The number of hydrogen-bond donors (Lipinski definition) is 1. The summed E-state index contributed by atoms with van der Waals surface area (Å²) >= 11 is 5.78. The molecule has 3 aromatic carbocycles. The fraction of sp³-hybridized carbons (Fsp3) is 0.100. The predicted molar refractivity (Wildman–Crippen MR) is 110 cm³/mol. The smallest absolute Gasteiger partial charge is 0.327 e. The molecule has 0 saturated heterocycles. The lowest BCUT2D eigenvalue weighted by Gasteiger charge is -2.17. The molecule has 4 rings (SSSR count). The van der Waals surface area contributed by atoms with Crippen molar-refractivity contribution in [3.8, 4) is 0 Å². The molecule has 7 nitrogen and oxygen atoms in total.